The summed E-state index contributed by atoms with van der Waals surface area (Å²) in [7, 11) is 0. The zero-order valence-electron chi connectivity index (χ0n) is 7.32. The van der Waals surface area contributed by atoms with Gasteiger partial charge in [0.2, 0.25) is 0 Å². The number of hydrogen-bond donors (Lipinski definition) is 2. The maximum atomic E-state index is 3.60. The zero-order valence-corrected chi connectivity index (χ0v) is 7.32. The van der Waals surface area contributed by atoms with Crippen molar-refractivity contribution in [3.63, 3.8) is 0 Å². The molecule has 1 unspecified atom stereocenters. The summed E-state index contributed by atoms with van der Waals surface area (Å²) in [4.78, 5) is 0. The fraction of sp³-hybridized carbons (Fsp3) is 1.00. The number of rotatable bonds is 3. The first-order chi connectivity index (χ1) is 5.29. The molecule has 1 aliphatic carbocycles. The average Bonchev–Trinajstić information content (AvgIpc) is 2.73. The van der Waals surface area contributed by atoms with Gasteiger partial charge >= 0.3 is 0 Å². The molecular weight excluding hydrogens is 136 g/mol. The minimum absolute atomic E-state index is 0.544. The van der Waals surface area contributed by atoms with Crippen molar-refractivity contribution >= 4 is 0 Å². The summed E-state index contributed by atoms with van der Waals surface area (Å²) in [6.45, 7) is 6.00. The van der Waals surface area contributed by atoms with E-state index in [1.54, 1.807) is 0 Å². The van der Waals surface area contributed by atoms with Crippen molar-refractivity contribution < 1.29 is 0 Å². The highest BCUT2D eigenvalue weighted by molar-refractivity contribution is 4.89. The van der Waals surface area contributed by atoms with Gasteiger partial charge in [-0.1, -0.05) is 6.92 Å². The first-order valence-corrected chi connectivity index (χ1v) is 4.73. The Labute approximate surface area is 68.7 Å². The van der Waals surface area contributed by atoms with Crippen molar-refractivity contribution in [1.82, 2.24) is 10.6 Å². The predicted octanol–water partition coefficient (Wildman–Crippen LogP) is 0.738. The summed E-state index contributed by atoms with van der Waals surface area (Å²) in [6.07, 6.45) is 4.15. The summed E-state index contributed by atoms with van der Waals surface area (Å²) in [5, 5.41) is 7.02. The second-order valence-corrected chi connectivity index (χ2v) is 4.39. The lowest BCUT2D eigenvalue weighted by Crippen LogP contribution is -2.34. The van der Waals surface area contributed by atoms with Crippen LogP contribution >= 0.6 is 0 Å². The third-order valence-electron chi connectivity index (χ3n) is 2.85. The number of nitrogens with one attached hydrogen (secondary N) is 2. The second kappa shape index (κ2) is 2.76. The Hall–Kier alpha value is -0.0800. The van der Waals surface area contributed by atoms with Crippen LogP contribution in [0.25, 0.3) is 0 Å². The molecule has 2 fully saturated rings. The largest absolute Gasteiger partial charge is 0.316 e. The van der Waals surface area contributed by atoms with Gasteiger partial charge in [-0.2, -0.15) is 0 Å². The molecule has 11 heavy (non-hydrogen) atoms. The Morgan fingerprint density at radius 3 is 2.91 bits per heavy atom. The van der Waals surface area contributed by atoms with Crippen LogP contribution in [-0.4, -0.2) is 25.7 Å². The van der Waals surface area contributed by atoms with E-state index in [1.807, 2.05) is 0 Å². The van der Waals surface area contributed by atoms with Gasteiger partial charge in [-0.05, 0) is 31.2 Å². The fourth-order valence-corrected chi connectivity index (χ4v) is 1.70. The van der Waals surface area contributed by atoms with E-state index in [0.717, 1.165) is 6.04 Å². The van der Waals surface area contributed by atoms with E-state index >= 15 is 0 Å². The van der Waals surface area contributed by atoms with E-state index in [-0.39, 0.29) is 0 Å². The smallest absolute Gasteiger partial charge is 0.00684 e. The molecule has 2 N–H and O–H groups in total. The zero-order chi connectivity index (χ0) is 7.73. The standard InChI is InChI=1S/C9H18N2/c1-9(4-5-10-6-9)7-11-8-2-3-8/h8,10-11H,2-7H2,1H3. The molecule has 1 saturated carbocycles. The van der Waals surface area contributed by atoms with E-state index in [4.69, 9.17) is 0 Å². The van der Waals surface area contributed by atoms with Crippen LogP contribution in [0, 0.1) is 5.41 Å². The van der Waals surface area contributed by atoms with Gasteiger partial charge in [0, 0.05) is 19.1 Å². The molecule has 0 aromatic heterocycles. The molecule has 0 radical (unpaired) electrons. The Kier molecular flexibility index (Phi) is 1.90. The van der Waals surface area contributed by atoms with Crippen LogP contribution in [-0.2, 0) is 0 Å². The molecule has 2 nitrogen and oxygen atoms in total. The molecule has 0 amide bonds. The lowest BCUT2D eigenvalue weighted by molar-refractivity contribution is 0.338. The normalized spacial score (nSPS) is 37.9. The van der Waals surface area contributed by atoms with Gasteiger partial charge in [0.15, 0.2) is 0 Å². The van der Waals surface area contributed by atoms with Crippen LogP contribution in [0.1, 0.15) is 26.2 Å². The van der Waals surface area contributed by atoms with E-state index < -0.39 is 0 Å². The van der Waals surface area contributed by atoms with Gasteiger partial charge in [-0.25, -0.2) is 0 Å². The van der Waals surface area contributed by atoms with Crippen molar-refractivity contribution in [2.75, 3.05) is 19.6 Å². The molecule has 0 bridgehead atoms. The molecular formula is C9H18N2. The van der Waals surface area contributed by atoms with Crippen LogP contribution in [0.4, 0.5) is 0 Å². The van der Waals surface area contributed by atoms with E-state index in [1.165, 1.54) is 38.9 Å². The van der Waals surface area contributed by atoms with Gasteiger partial charge in [0.05, 0.1) is 0 Å². The van der Waals surface area contributed by atoms with Crippen LogP contribution in [0.3, 0.4) is 0 Å². The van der Waals surface area contributed by atoms with E-state index in [0.29, 0.717) is 5.41 Å². The summed E-state index contributed by atoms with van der Waals surface area (Å²) in [6, 6.07) is 0.868. The first-order valence-electron chi connectivity index (χ1n) is 4.73. The molecule has 64 valence electrons. The van der Waals surface area contributed by atoms with Crippen molar-refractivity contribution in [1.29, 1.82) is 0 Å². The van der Waals surface area contributed by atoms with Crippen molar-refractivity contribution in [2.24, 2.45) is 5.41 Å². The molecule has 2 aliphatic rings. The molecule has 2 rings (SSSR count). The third kappa shape index (κ3) is 1.94. The molecule has 0 aromatic rings. The molecule has 1 saturated heterocycles. The Bertz CT molecular complexity index is 134. The summed E-state index contributed by atoms with van der Waals surface area (Å²) in [5.74, 6) is 0. The summed E-state index contributed by atoms with van der Waals surface area (Å²) >= 11 is 0. The van der Waals surface area contributed by atoms with Crippen LogP contribution < -0.4 is 10.6 Å². The van der Waals surface area contributed by atoms with Crippen molar-refractivity contribution in [3.8, 4) is 0 Å². The molecule has 0 spiro atoms. The monoisotopic (exact) mass is 154 g/mol. The summed E-state index contributed by atoms with van der Waals surface area (Å²) in [5.41, 5.74) is 0.544. The Balaban J connectivity index is 1.73. The maximum Gasteiger partial charge on any atom is 0.00684 e. The molecule has 2 heteroatoms. The molecule has 0 aromatic carbocycles. The molecule has 1 atom stereocenters. The van der Waals surface area contributed by atoms with Gasteiger partial charge in [0.25, 0.3) is 0 Å². The highest BCUT2D eigenvalue weighted by atomic mass is 15.0. The summed E-state index contributed by atoms with van der Waals surface area (Å²) < 4.78 is 0. The van der Waals surface area contributed by atoms with Crippen LogP contribution in [0.15, 0.2) is 0 Å². The Morgan fingerprint density at radius 2 is 2.36 bits per heavy atom. The topological polar surface area (TPSA) is 24.1 Å². The lowest BCUT2D eigenvalue weighted by Gasteiger charge is -2.22. The third-order valence-corrected chi connectivity index (χ3v) is 2.85. The quantitative estimate of drug-likeness (QED) is 0.626. The van der Waals surface area contributed by atoms with Gasteiger partial charge in [-0.3, -0.25) is 0 Å². The average molecular weight is 154 g/mol. The number of hydrogen-bond acceptors (Lipinski definition) is 2. The van der Waals surface area contributed by atoms with Crippen molar-refractivity contribution in [3.05, 3.63) is 0 Å². The minimum atomic E-state index is 0.544. The van der Waals surface area contributed by atoms with Gasteiger partial charge in [-0.15, -0.1) is 0 Å². The molecule has 1 heterocycles. The fourth-order valence-electron chi connectivity index (χ4n) is 1.70. The minimum Gasteiger partial charge on any atom is -0.316 e. The van der Waals surface area contributed by atoms with Crippen LogP contribution in [0.2, 0.25) is 0 Å². The van der Waals surface area contributed by atoms with E-state index in [2.05, 4.69) is 17.6 Å². The van der Waals surface area contributed by atoms with Crippen molar-refractivity contribution in [2.45, 2.75) is 32.2 Å². The van der Waals surface area contributed by atoms with E-state index in [9.17, 15) is 0 Å². The van der Waals surface area contributed by atoms with Crippen LogP contribution in [0.5, 0.6) is 0 Å². The Morgan fingerprint density at radius 1 is 1.55 bits per heavy atom. The van der Waals surface area contributed by atoms with Gasteiger partial charge in [0.1, 0.15) is 0 Å². The highest BCUT2D eigenvalue weighted by Crippen LogP contribution is 2.26. The molecule has 1 aliphatic heterocycles. The SMILES string of the molecule is CC1(CNC2CC2)CCNC1. The lowest BCUT2D eigenvalue weighted by atomic mass is 9.90. The maximum absolute atomic E-state index is 3.60. The first kappa shape index (κ1) is 7.56. The highest BCUT2D eigenvalue weighted by Gasteiger charge is 2.30. The predicted molar refractivity (Wildman–Crippen MR) is 46.6 cm³/mol. The van der Waals surface area contributed by atoms with Gasteiger partial charge < -0.3 is 10.6 Å². The second-order valence-electron chi connectivity index (χ2n) is 4.39.